The number of amides is 2. The third-order valence-electron chi connectivity index (χ3n) is 3.73. The van der Waals surface area contributed by atoms with Gasteiger partial charge in [-0.3, -0.25) is 0 Å². The number of thioether (sulfide) groups is 1. The van der Waals surface area contributed by atoms with Crippen LogP contribution in [-0.4, -0.2) is 30.7 Å². The summed E-state index contributed by atoms with van der Waals surface area (Å²) in [6.45, 7) is 0.367. The Bertz CT molecular complexity index is 499. The number of hydrogen-bond acceptors (Lipinski definition) is 3. The Morgan fingerprint density at radius 3 is 3.00 bits per heavy atom. The lowest BCUT2D eigenvalue weighted by atomic mass is 10.2. The van der Waals surface area contributed by atoms with E-state index in [2.05, 4.69) is 16.9 Å². The van der Waals surface area contributed by atoms with Crippen molar-refractivity contribution in [2.24, 2.45) is 0 Å². The Hall–Kier alpha value is -0.910. The van der Waals surface area contributed by atoms with E-state index in [0.717, 1.165) is 18.4 Å². The van der Waals surface area contributed by atoms with E-state index in [1.165, 1.54) is 6.42 Å². The van der Waals surface area contributed by atoms with Crippen LogP contribution in [0.4, 0.5) is 10.5 Å². The molecular formula is C15H21ClN2O2S. The molecule has 116 valence electrons. The monoisotopic (exact) mass is 328 g/mol. The summed E-state index contributed by atoms with van der Waals surface area (Å²) in [7, 11) is 1.61. The average molecular weight is 329 g/mol. The molecule has 0 radical (unpaired) electrons. The summed E-state index contributed by atoms with van der Waals surface area (Å²) in [5, 5.41) is 7.05. The number of benzene rings is 1. The van der Waals surface area contributed by atoms with Crippen LogP contribution in [0, 0.1) is 0 Å². The predicted molar refractivity (Wildman–Crippen MR) is 89.3 cm³/mol. The van der Waals surface area contributed by atoms with Crippen molar-refractivity contribution in [2.45, 2.75) is 37.2 Å². The SMILES string of the molecule is COCc1c(Cl)cccc1NC(=O)N[C@H]1CCC[C@@H]1SC. The number of carbonyl (C=O) groups excluding carboxylic acids is 1. The average Bonchev–Trinajstić information content (AvgIpc) is 2.89. The molecule has 0 saturated heterocycles. The highest BCUT2D eigenvalue weighted by molar-refractivity contribution is 7.99. The Kier molecular flexibility index (Phi) is 6.21. The molecule has 2 N–H and O–H groups in total. The third-order valence-corrected chi connectivity index (χ3v) is 5.25. The van der Waals surface area contributed by atoms with Crippen LogP contribution in [0.3, 0.4) is 0 Å². The fraction of sp³-hybridized carbons (Fsp3) is 0.533. The molecular weight excluding hydrogens is 308 g/mol. The predicted octanol–water partition coefficient (Wildman–Crippen LogP) is 3.89. The Balaban J connectivity index is 2.01. The molecule has 2 amide bonds. The number of hydrogen-bond donors (Lipinski definition) is 2. The molecule has 21 heavy (non-hydrogen) atoms. The zero-order valence-electron chi connectivity index (χ0n) is 12.3. The van der Waals surface area contributed by atoms with Crippen molar-refractivity contribution in [3.63, 3.8) is 0 Å². The molecule has 2 atom stereocenters. The fourth-order valence-corrected chi connectivity index (χ4v) is 3.83. The first-order chi connectivity index (χ1) is 10.2. The van der Waals surface area contributed by atoms with Gasteiger partial charge in [-0.25, -0.2) is 4.79 Å². The van der Waals surface area contributed by atoms with Crippen molar-refractivity contribution in [3.8, 4) is 0 Å². The minimum absolute atomic E-state index is 0.180. The van der Waals surface area contributed by atoms with Crippen molar-refractivity contribution >= 4 is 35.1 Å². The van der Waals surface area contributed by atoms with Crippen LogP contribution in [0.1, 0.15) is 24.8 Å². The van der Waals surface area contributed by atoms with Crippen LogP contribution in [0.2, 0.25) is 5.02 Å². The molecule has 1 aliphatic carbocycles. The molecule has 0 unspecified atom stereocenters. The first-order valence-electron chi connectivity index (χ1n) is 7.02. The molecule has 0 aromatic heterocycles. The number of urea groups is 1. The second-order valence-corrected chi connectivity index (χ2v) is 6.59. The van der Waals surface area contributed by atoms with Crippen molar-refractivity contribution in [1.82, 2.24) is 5.32 Å². The highest BCUT2D eigenvalue weighted by Gasteiger charge is 2.27. The topological polar surface area (TPSA) is 50.4 Å². The molecule has 0 bridgehead atoms. The molecule has 4 nitrogen and oxygen atoms in total. The van der Waals surface area contributed by atoms with Gasteiger partial charge in [0.25, 0.3) is 0 Å². The first kappa shape index (κ1) is 16.5. The van der Waals surface area contributed by atoms with Crippen LogP contribution in [0.25, 0.3) is 0 Å². The van der Waals surface area contributed by atoms with Crippen LogP contribution >= 0.6 is 23.4 Å². The summed E-state index contributed by atoms with van der Waals surface area (Å²) in [6, 6.07) is 5.50. The zero-order valence-corrected chi connectivity index (χ0v) is 13.9. The van der Waals surface area contributed by atoms with Crippen molar-refractivity contribution < 1.29 is 9.53 Å². The summed E-state index contributed by atoms with van der Waals surface area (Å²) in [5.74, 6) is 0. The molecule has 1 fully saturated rings. The zero-order chi connectivity index (χ0) is 15.2. The summed E-state index contributed by atoms with van der Waals surface area (Å²) in [6.07, 6.45) is 5.47. The Morgan fingerprint density at radius 2 is 2.29 bits per heavy atom. The van der Waals surface area contributed by atoms with Crippen molar-refractivity contribution in [1.29, 1.82) is 0 Å². The van der Waals surface area contributed by atoms with E-state index in [4.69, 9.17) is 16.3 Å². The van der Waals surface area contributed by atoms with Gasteiger partial charge in [0, 0.05) is 34.7 Å². The van der Waals surface area contributed by atoms with Gasteiger partial charge >= 0.3 is 6.03 Å². The lowest BCUT2D eigenvalue weighted by Gasteiger charge is -2.20. The van der Waals surface area contributed by atoms with Crippen LogP contribution in [0.15, 0.2) is 18.2 Å². The number of anilines is 1. The smallest absolute Gasteiger partial charge is 0.319 e. The van der Waals surface area contributed by atoms with Crippen LogP contribution in [-0.2, 0) is 11.3 Å². The standard InChI is InChI=1S/C15H21ClN2O2S/c1-20-9-10-11(16)5-3-6-12(10)17-15(19)18-13-7-4-8-14(13)21-2/h3,5-6,13-14H,4,7-9H2,1-2H3,(H2,17,18,19)/t13-,14-/m0/s1. The second kappa shape index (κ2) is 7.92. The maximum Gasteiger partial charge on any atom is 0.319 e. The van der Waals surface area contributed by atoms with Gasteiger partial charge in [-0.15, -0.1) is 0 Å². The maximum atomic E-state index is 12.2. The molecule has 1 aliphatic rings. The minimum Gasteiger partial charge on any atom is -0.380 e. The summed E-state index contributed by atoms with van der Waals surface area (Å²) >= 11 is 7.97. The van der Waals surface area contributed by atoms with E-state index in [-0.39, 0.29) is 12.1 Å². The lowest BCUT2D eigenvalue weighted by Crippen LogP contribution is -2.41. The number of nitrogens with one attached hydrogen (secondary N) is 2. The molecule has 0 heterocycles. The second-order valence-electron chi connectivity index (χ2n) is 5.11. The maximum absolute atomic E-state index is 12.2. The summed E-state index contributed by atoms with van der Waals surface area (Å²) in [4.78, 5) is 12.2. The number of halogens is 1. The van der Waals surface area contributed by atoms with E-state index < -0.39 is 0 Å². The van der Waals surface area contributed by atoms with Gasteiger partial charge in [0.2, 0.25) is 0 Å². The van der Waals surface area contributed by atoms with Crippen molar-refractivity contribution in [3.05, 3.63) is 28.8 Å². The highest BCUT2D eigenvalue weighted by Crippen LogP contribution is 2.29. The van der Waals surface area contributed by atoms with Gasteiger partial charge in [0.1, 0.15) is 0 Å². The van der Waals surface area contributed by atoms with Gasteiger partial charge < -0.3 is 15.4 Å². The molecule has 2 rings (SSSR count). The lowest BCUT2D eigenvalue weighted by molar-refractivity contribution is 0.185. The molecule has 1 saturated carbocycles. The van der Waals surface area contributed by atoms with Gasteiger partial charge in [-0.1, -0.05) is 24.1 Å². The summed E-state index contributed by atoms with van der Waals surface area (Å²) < 4.78 is 5.14. The van der Waals surface area contributed by atoms with Gasteiger partial charge in [0.15, 0.2) is 0 Å². The van der Waals surface area contributed by atoms with Crippen molar-refractivity contribution in [2.75, 3.05) is 18.7 Å². The van der Waals surface area contributed by atoms with Gasteiger partial charge in [0.05, 0.1) is 6.61 Å². The molecule has 1 aromatic carbocycles. The Labute approximate surface area is 135 Å². The van der Waals surface area contributed by atoms with E-state index in [1.54, 1.807) is 13.2 Å². The quantitative estimate of drug-likeness (QED) is 0.862. The van der Waals surface area contributed by atoms with Gasteiger partial charge in [-0.05, 0) is 31.2 Å². The largest absolute Gasteiger partial charge is 0.380 e. The normalized spacial score (nSPS) is 21.3. The molecule has 1 aromatic rings. The number of carbonyl (C=O) groups is 1. The first-order valence-corrected chi connectivity index (χ1v) is 8.69. The highest BCUT2D eigenvalue weighted by atomic mass is 35.5. The third kappa shape index (κ3) is 4.28. The van der Waals surface area contributed by atoms with E-state index in [1.807, 2.05) is 23.9 Å². The van der Waals surface area contributed by atoms with Crippen LogP contribution < -0.4 is 10.6 Å². The minimum atomic E-state index is -0.180. The van der Waals surface area contributed by atoms with Crippen LogP contribution in [0.5, 0.6) is 0 Å². The summed E-state index contributed by atoms with van der Waals surface area (Å²) in [5.41, 5.74) is 1.49. The van der Waals surface area contributed by atoms with E-state index in [9.17, 15) is 4.79 Å². The molecule has 0 spiro atoms. The van der Waals surface area contributed by atoms with Gasteiger partial charge in [-0.2, -0.15) is 11.8 Å². The Morgan fingerprint density at radius 1 is 1.48 bits per heavy atom. The van der Waals surface area contributed by atoms with E-state index in [0.29, 0.717) is 22.6 Å². The molecule has 6 heteroatoms. The fourth-order valence-electron chi connectivity index (χ4n) is 2.67. The molecule has 0 aliphatic heterocycles. The number of methoxy groups -OCH3 is 1. The number of ether oxygens (including phenoxy) is 1. The number of rotatable bonds is 5. The van der Waals surface area contributed by atoms with E-state index >= 15 is 0 Å².